The Hall–Kier alpha value is -1.59. The molecular formula is C58H112O6. The van der Waals surface area contributed by atoms with E-state index in [2.05, 4.69) is 34.6 Å². The Kier molecular flexibility index (Phi) is 49.6. The summed E-state index contributed by atoms with van der Waals surface area (Å²) in [6, 6.07) is 0. The van der Waals surface area contributed by atoms with Crippen molar-refractivity contribution in [3.63, 3.8) is 0 Å². The molecule has 0 heterocycles. The van der Waals surface area contributed by atoms with Crippen LogP contribution in [0.1, 0.15) is 324 Å². The summed E-state index contributed by atoms with van der Waals surface area (Å²) in [6.45, 7) is 11.4. The van der Waals surface area contributed by atoms with Gasteiger partial charge >= 0.3 is 17.9 Å². The van der Waals surface area contributed by atoms with Gasteiger partial charge in [-0.15, -0.1) is 0 Å². The molecule has 6 heteroatoms. The van der Waals surface area contributed by atoms with Crippen molar-refractivity contribution in [3.05, 3.63) is 0 Å². The third-order valence-corrected chi connectivity index (χ3v) is 13.2. The first kappa shape index (κ1) is 62.4. The molecule has 0 radical (unpaired) electrons. The summed E-state index contributed by atoms with van der Waals surface area (Å²) in [5, 5.41) is 0. The lowest BCUT2D eigenvalue weighted by Crippen LogP contribution is -2.30. The van der Waals surface area contributed by atoms with Crippen LogP contribution in [0.4, 0.5) is 0 Å². The van der Waals surface area contributed by atoms with Gasteiger partial charge in [-0.3, -0.25) is 14.4 Å². The van der Waals surface area contributed by atoms with Crippen molar-refractivity contribution in [2.45, 2.75) is 330 Å². The molecule has 0 aromatic rings. The Labute approximate surface area is 399 Å². The van der Waals surface area contributed by atoms with Crippen molar-refractivity contribution >= 4 is 17.9 Å². The smallest absolute Gasteiger partial charge is 0.306 e. The van der Waals surface area contributed by atoms with Crippen LogP contribution in [0.25, 0.3) is 0 Å². The second-order valence-electron chi connectivity index (χ2n) is 20.9. The quantitative estimate of drug-likeness (QED) is 0.0344. The van der Waals surface area contributed by atoms with Gasteiger partial charge in [0, 0.05) is 19.3 Å². The van der Waals surface area contributed by atoms with Gasteiger partial charge in [0.05, 0.1) is 0 Å². The van der Waals surface area contributed by atoms with Gasteiger partial charge in [0.25, 0.3) is 0 Å². The van der Waals surface area contributed by atoms with Crippen molar-refractivity contribution in [1.29, 1.82) is 0 Å². The van der Waals surface area contributed by atoms with Gasteiger partial charge in [-0.1, -0.05) is 285 Å². The van der Waals surface area contributed by atoms with E-state index in [0.29, 0.717) is 19.3 Å². The standard InChI is InChI=1S/C58H112O6/c1-6-7-8-9-10-11-12-23-28-33-38-43-48-56(59)62-51-55(52-63-57(60)49-44-39-34-29-24-20-19-22-27-32-37-42-47-54(4)5)64-58(61)50-45-40-35-30-25-18-16-14-13-15-17-21-26-31-36-41-46-53(2)3/h53-55H,6-52H2,1-5H3/t55-/m1/s1. The Morgan fingerprint density at radius 1 is 0.297 bits per heavy atom. The maximum absolute atomic E-state index is 12.8. The molecule has 6 nitrogen and oxygen atoms in total. The summed E-state index contributed by atoms with van der Waals surface area (Å²) in [5.74, 6) is 0.846. The number of unbranched alkanes of at least 4 members (excludes halogenated alkanes) is 37. The predicted molar refractivity (Wildman–Crippen MR) is 275 cm³/mol. The number of carbonyl (C=O) groups excluding carboxylic acids is 3. The summed E-state index contributed by atoms with van der Waals surface area (Å²) >= 11 is 0. The zero-order chi connectivity index (χ0) is 46.8. The van der Waals surface area contributed by atoms with Gasteiger partial charge in [0.15, 0.2) is 6.10 Å². The molecule has 0 N–H and O–H groups in total. The van der Waals surface area contributed by atoms with Gasteiger partial charge in [0.1, 0.15) is 13.2 Å². The zero-order valence-corrected chi connectivity index (χ0v) is 43.9. The van der Waals surface area contributed by atoms with Gasteiger partial charge in [-0.2, -0.15) is 0 Å². The fraction of sp³-hybridized carbons (Fsp3) is 0.948. The van der Waals surface area contributed by atoms with Gasteiger partial charge in [-0.05, 0) is 31.1 Å². The van der Waals surface area contributed by atoms with Crippen molar-refractivity contribution in [1.82, 2.24) is 0 Å². The molecule has 0 fully saturated rings. The van der Waals surface area contributed by atoms with E-state index < -0.39 is 6.10 Å². The van der Waals surface area contributed by atoms with Crippen LogP contribution < -0.4 is 0 Å². The highest BCUT2D eigenvalue weighted by Gasteiger charge is 2.19. The van der Waals surface area contributed by atoms with E-state index >= 15 is 0 Å². The highest BCUT2D eigenvalue weighted by atomic mass is 16.6. The lowest BCUT2D eigenvalue weighted by molar-refractivity contribution is -0.167. The molecule has 0 spiro atoms. The van der Waals surface area contributed by atoms with Crippen molar-refractivity contribution in [2.24, 2.45) is 11.8 Å². The van der Waals surface area contributed by atoms with Crippen molar-refractivity contribution in [3.8, 4) is 0 Å². The van der Waals surface area contributed by atoms with Crippen molar-refractivity contribution in [2.75, 3.05) is 13.2 Å². The molecule has 0 aliphatic rings. The number of rotatable bonds is 52. The molecule has 0 aromatic carbocycles. The minimum absolute atomic E-state index is 0.0627. The van der Waals surface area contributed by atoms with E-state index in [1.807, 2.05) is 0 Å². The highest BCUT2D eigenvalue weighted by Crippen LogP contribution is 2.18. The van der Waals surface area contributed by atoms with Crippen LogP contribution in [0.5, 0.6) is 0 Å². The number of carbonyl (C=O) groups is 3. The molecule has 0 bridgehead atoms. The van der Waals surface area contributed by atoms with Crippen LogP contribution in [0.15, 0.2) is 0 Å². The lowest BCUT2D eigenvalue weighted by Gasteiger charge is -2.18. The SMILES string of the molecule is CCCCCCCCCCCCCCC(=O)OC[C@H](COC(=O)CCCCCCCCCCCCCCC(C)C)OC(=O)CCCCCCCCCCCCCCCCCCC(C)C. The normalized spacial score (nSPS) is 12.0. The zero-order valence-electron chi connectivity index (χ0n) is 43.9. The summed E-state index contributed by atoms with van der Waals surface area (Å²) in [6.07, 6.45) is 53.8. The molecule has 0 saturated heterocycles. The Morgan fingerprint density at radius 2 is 0.516 bits per heavy atom. The third-order valence-electron chi connectivity index (χ3n) is 13.2. The Balaban J connectivity index is 4.28. The second-order valence-corrected chi connectivity index (χ2v) is 20.9. The second kappa shape index (κ2) is 50.8. The minimum atomic E-state index is -0.762. The molecule has 64 heavy (non-hydrogen) atoms. The van der Waals surface area contributed by atoms with Crippen LogP contribution in [0, 0.1) is 11.8 Å². The summed E-state index contributed by atoms with van der Waals surface area (Å²) in [5.41, 5.74) is 0. The number of hydrogen-bond donors (Lipinski definition) is 0. The fourth-order valence-electron chi connectivity index (χ4n) is 8.87. The highest BCUT2D eigenvalue weighted by molar-refractivity contribution is 5.71. The predicted octanol–water partition coefficient (Wildman–Crippen LogP) is 18.9. The number of hydrogen-bond acceptors (Lipinski definition) is 6. The molecule has 0 saturated carbocycles. The van der Waals surface area contributed by atoms with E-state index in [0.717, 1.165) is 69.6 Å². The summed E-state index contributed by atoms with van der Waals surface area (Å²) in [4.78, 5) is 38.1. The van der Waals surface area contributed by atoms with E-state index in [9.17, 15) is 14.4 Å². The Bertz CT molecular complexity index is 978. The van der Waals surface area contributed by atoms with Gasteiger partial charge in [0.2, 0.25) is 0 Å². The van der Waals surface area contributed by atoms with E-state index in [4.69, 9.17) is 14.2 Å². The van der Waals surface area contributed by atoms with Gasteiger partial charge in [-0.25, -0.2) is 0 Å². The first-order valence-corrected chi connectivity index (χ1v) is 28.7. The van der Waals surface area contributed by atoms with Crippen LogP contribution in [0.3, 0.4) is 0 Å². The summed E-state index contributed by atoms with van der Waals surface area (Å²) in [7, 11) is 0. The largest absolute Gasteiger partial charge is 0.462 e. The molecule has 1 atom stereocenters. The monoisotopic (exact) mass is 905 g/mol. The molecule has 0 aromatic heterocycles. The maximum atomic E-state index is 12.8. The average Bonchev–Trinajstić information content (AvgIpc) is 3.27. The minimum Gasteiger partial charge on any atom is -0.462 e. The van der Waals surface area contributed by atoms with Crippen LogP contribution in [-0.4, -0.2) is 37.2 Å². The molecule has 0 unspecified atom stereocenters. The maximum Gasteiger partial charge on any atom is 0.306 e. The third kappa shape index (κ3) is 51.4. The van der Waals surface area contributed by atoms with Crippen molar-refractivity contribution < 1.29 is 28.6 Å². The topological polar surface area (TPSA) is 78.9 Å². The first-order valence-electron chi connectivity index (χ1n) is 28.7. The molecule has 0 aliphatic heterocycles. The molecule has 0 rings (SSSR count). The van der Waals surface area contributed by atoms with Crippen LogP contribution in [0.2, 0.25) is 0 Å². The average molecular weight is 906 g/mol. The van der Waals surface area contributed by atoms with Crippen LogP contribution >= 0.6 is 0 Å². The van der Waals surface area contributed by atoms with E-state index in [1.165, 1.54) is 212 Å². The Morgan fingerprint density at radius 3 is 0.766 bits per heavy atom. The molecule has 0 amide bonds. The van der Waals surface area contributed by atoms with Gasteiger partial charge < -0.3 is 14.2 Å². The molecule has 0 aliphatic carbocycles. The molecular weight excluding hydrogens is 793 g/mol. The summed E-state index contributed by atoms with van der Waals surface area (Å²) < 4.78 is 16.9. The fourth-order valence-corrected chi connectivity index (χ4v) is 8.87. The lowest BCUT2D eigenvalue weighted by atomic mass is 10.0. The number of esters is 3. The number of ether oxygens (including phenoxy) is 3. The van der Waals surface area contributed by atoms with E-state index in [1.54, 1.807) is 0 Å². The molecule has 380 valence electrons. The van der Waals surface area contributed by atoms with E-state index in [-0.39, 0.29) is 31.1 Å². The van der Waals surface area contributed by atoms with Crippen LogP contribution in [-0.2, 0) is 28.6 Å². The first-order chi connectivity index (χ1) is 31.2.